The molecule has 2 rings (SSSR count). The van der Waals surface area contributed by atoms with Crippen LogP contribution < -0.4 is 5.32 Å². The second-order valence-electron chi connectivity index (χ2n) is 5.38. The number of cyclic esters (lactones) is 1. The molecule has 1 aromatic carbocycles. The minimum atomic E-state index is -3.53. The molecule has 1 saturated heterocycles. The molecule has 1 fully saturated rings. The largest absolute Gasteiger partial charge is 0.444 e. The average Bonchev–Trinajstić information content (AvgIpc) is 2.66. The maximum atomic E-state index is 11.5. The van der Waals surface area contributed by atoms with E-state index in [0.29, 0.717) is 12.8 Å². The molecule has 0 bridgehead atoms. The summed E-state index contributed by atoms with van der Waals surface area (Å²) in [5.41, 5.74) is 1.05. The molecule has 6 nitrogen and oxygen atoms in total. The topological polar surface area (TPSA) is 81.7 Å². The fourth-order valence-corrected chi connectivity index (χ4v) is 3.60. The van der Waals surface area contributed by atoms with E-state index in [2.05, 4.69) is 21.2 Å². The van der Waals surface area contributed by atoms with Crippen LogP contribution in [0.1, 0.15) is 18.9 Å². The van der Waals surface area contributed by atoms with Crippen LogP contribution in [-0.4, -0.2) is 39.0 Å². The zero-order valence-electron chi connectivity index (χ0n) is 12.3. The Balaban J connectivity index is 2.01. The number of hydrogen-bond donors (Lipinski definition) is 1. The number of halogens is 1. The lowest BCUT2D eigenvalue weighted by Crippen LogP contribution is -2.36. The standard InChI is InChI=1S/C14H18BrNO5S/c1-9(21-22(2,18)19)6-13-12(16-14(17)20-13)8-10-4-3-5-11(15)7-10/h3-5,7,9,12-13H,6,8H2,1-2H3,(H,16,17)/t9-,12+,13-/m1/s1. The van der Waals surface area contributed by atoms with Crippen molar-refractivity contribution in [1.82, 2.24) is 5.32 Å². The minimum Gasteiger partial charge on any atom is -0.444 e. The summed E-state index contributed by atoms with van der Waals surface area (Å²) in [5, 5.41) is 2.76. The maximum Gasteiger partial charge on any atom is 0.407 e. The number of carbonyl (C=O) groups is 1. The Morgan fingerprint density at radius 2 is 2.18 bits per heavy atom. The van der Waals surface area contributed by atoms with E-state index >= 15 is 0 Å². The van der Waals surface area contributed by atoms with Gasteiger partial charge in [-0.05, 0) is 31.0 Å². The van der Waals surface area contributed by atoms with Crippen LogP contribution in [0.4, 0.5) is 4.79 Å². The van der Waals surface area contributed by atoms with Crippen LogP contribution in [0, 0.1) is 0 Å². The molecule has 1 aromatic rings. The maximum absolute atomic E-state index is 11.5. The quantitative estimate of drug-likeness (QED) is 0.751. The van der Waals surface area contributed by atoms with Crippen LogP contribution in [0.3, 0.4) is 0 Å². The first-order valence-corrected chi connectivity index (χ1v) is 9.44. The lowest BCUT2D eigenvalue weighted by atomic mass is 9.98. The van der Waals surface area contributed by atoms with Crippen LogP contribution in [0.15, 0.2) is 28.7 Å². The molecule has 0 aromatic heterocycles. The molecule has 22 heavy (non-hydrogen) atoms. The van der Waals surface area contributed by atoms with E-state index in [9.17, 15) is 13.2 Å². The minimum absolute atomic E-state index is 0.215. The van der Waals surface area contributed by atoms with Crippen LogP contribution >= 0.6 is 15.9 Å². The molecule has 1 heterocycles. The summed E-state index contributed by atoms with van der Waals surface area (Å²) in [4.78, 5) is 11.5. The Kier molecular flexibility index (Phi) is 5.46. The number of ether oxygens (including phenoxy) is 1. The first kappa shape index (κ1) is 17.2. The van der Waals surface area contributed by atoms with E-state index in [1.807, 2.05) is 24.3 Å². The Bertz CT molecular complexity index is 648. The molecule has 8 heteroatoms. The van der Waals surface area contributed by atoms with Crippen molar-refractivity contribution in [3.8, 4) is 0 Å². The first-order valence-electron chi connectivity index (χ1n) is 6.83. The van der Waals surface area contributed by atoms with Gasteiger partial charge in [0.2, 0.25) is 0 Å². The van der Waals surface area contributed by atoms with Gasteiger partial charge in [0.1, 0.15) is 6.10 Å². The molecule has 0 unspecified atom stereocenters. The summed E-state index contributed by atoms with van der Waals surface area (Å²) in [5.74, 6) is 0. The zero-order chi connectivity index (χ0) is 16.3. The summed E-state index contributed by atoms with van der Waals surface area (Å²) in [7, 11) is -3.53. The van der Waals surface area contributed by atoms with Gasteiger partial charge in [-0.1, -0.05) is 28.1 Å². The smallest absolute Gasteiger partial charge is 0.407 e. The van der Waals surface area contributed by atoms with Crippen molar-refractivity contribution < 1.29 is 22.1 Å². The summed E-state index contributed by atoms with van der Waals surface area (Å²) in [6, 6.07) is 7.56. The van der Waals surface area contributed by atoms with E-state index in [0.717, 1.165) is 16.3 Å². The summed E-state index contributed by atoms with van der Waals surface area (Å²) < 4.78 is 33.4. The normalized spacial score (nSPS) is 23.0. The van der Waals surface area contributed by atoms with Crippen molar-refractivity contribution in [2.45, 2.75) is 38.0 Å². The molecule has 0 aliphatic carbocycles. The second kappa shape index (κ2) is 6.97. The highest BCUT2D eigenvalue weighted by Crippen LogP contribution is 2.21. The van der Waals surface area contributed by atoms with Crippen molar-refractivity contribution in [3.63, 3.8) is 0 Å². The Morgan fingerprint density at radius 3 is 2.82 bits per heavy atom. The number of nitrogens with one attached hydrogen (secondary N) is 1. The average molecular weight is 392 g/mol. The van der Waals surface area contributed by atoms with Crippen molar-refractivity contribution in [1.29, 1.82) is 0 Å². The third-order valence-electron chi connectivity index (χ3n) is 3.26. The first-order chi connectivity index (χ1) is 10.2. The summed E-state index contributed by atoms with van der Waals surface area (Å²) in [6.07, 6.45) is 0.435. The van der Waals surface area contributed by atoms with Gasteiger partial charge in [0.05, 0.1) is 18.4 Å². The van der Waals surface area contributed by atoms with Crippen LogP contribution in [0.5, 0.6) is 0 Å². The van der Waals surface area contributed by atoms with Gasteiger partial charge in [-0.25, -0.2) is 4.79 Å². The molecular weight excluding hydrogens is 374 g/mol. The molecule has 122 valence electrons. The highest BCUT2D eigenvalue weighted by molar-refractivity contribution is 9.10. The second-order valence-corrected chi connectivity index (χ2v) is 7.89. The summed E-state index contributed by atoms with van der Waals surface area (Å²) >= 11 is 3.41. The van der Waals surface area contributed by atoms with E-state index in [4.69, 9.17) is 8.92 Å². The number of amides is 1. The van der Waals surface area contributed by atoms with Crippen molar-refractivity contribution in [2.24, 2.45) is 0 Å². The lowest BCUT2D eigenvalue weighted by molar-refractivity contribution is 0.0933. The highest BCUT2D eigenvalue weighted by Gasteiger charge is 2.35. The third kappa shape index (κ3) is 5.26. The number of rotatable bonds is 6. The molecule has 0 radical (unpaired) electrons. The number of carbonyl (C=O) groups excluding carboxylic acids is 1. The fourth-order valence-electron chi connectivity index (χ4n) is 2.48. The van der Waals surface area contributed by atoms with Gasteiger partial charge in [-0.2, -0.15) is 8.42 Å². The third-order valence-corrected chi connectivity index (χ3v) is 4.43. The molecule has 1 aliphatic rings. The number of benzene rings is 1. The van der Waals surface area contributed by atoms with E-state index in [1.165, 1.54) is 0 Å². The monoisotopic (exact) mass is 391 g/mol. The van der Waals surface area contributed by atoms with Gasteiger partial charge in [0.15, 0.2) is 0 Å². The number of hydrogen-bond acceptors (Lipinski definition) is 5. The van der Waals surface area contributed by atoms with Crippen LogP contribution in [0.2, 0.25) is 0 Å². The van der Waals surface area contributed by atoms with Gasteiger partial charge in [0, 0.05) is 10.9 Å². The van der Waals surface area contributed by atoms with Crippen LogP contribution in [-0.2, 0) is 25.5 Å². The van der Waals surface area contributed by atoms with Crippen LogP contribution in [0.25, 0.3) is 0 Å². The predicted octanol–water partition coefficient (Wildman–Crippen LogP) is 2.22. The Labute approximate surface area is 138 Å². The summed E-state index contributed by atoms with van der Waals surface area (Å²) in [6.45, 7) is 1.64. The molecule has 0 spiro atoms. The fraction of sp³-hybridized carbons (Fsp3) is 0.500. The lowest BCUT2D eigenvalue weighted by Gasteiger charge is -2.20. The molecule has 1 aliphatic heterocycles. The molecule has 0 saturated carbocycles. The van der Waals surface area contributed by atoms with Gasteiger partial charge < -0.3 is 10.1 Å². The Hall–Kier alpha value is -1.12. The highest BCUT2D eigenvalue weighted by atomic mass is 79.9. The van der Waals surface area contributed by atoms with Gasteiger partial charge in [-0.3, -0.25) is 4.18 Å². The van der Waals surface area contributed by atoms with E-state index < -0.39 is 28.4 Å². The predicted molar refractivity (Wildman–Crippen MR) is 85.0 cm³/mol. The van der Waals surface area contributed by atoms with Crippen molar-refractivity contribution in [2.75, 3.05) is 6.26 Å². The van der Waals surface area contributed by atoms with Gasteiger partial charge >= 0.3 is 6.09 Å². The number of alkyl carbamates (subject to hydrolysis) is 1. The molecule has 1 N–H and O–H groups in total. The molecule has 3 atom stereocenters. The van der Waals surface area contributed by atoms with Crippen molar-refractivity contribution >= 4 is 32.1 Å². The Morgan fingerprint density at radius 1 is 1.45 bits per heavy atom. The van der Waals surface area contributed by atoms with Crippen molar-refractivity contribution in [3.05, 3.63) is 34.3 Å². The zero-order valence-corrected chi connectivity index (χ0v) is 14.7. The molecular formula is C14H18BrNO5S. The molecule has 1 amide bonds. The van der Waals surface area contributed by atoms with E-state index in [1.54, 1.807) is 6.92 Å². The SMILES string of the molecule is C[C@H](C[C@H]1OC(=O)N[C@H]1Cc1cccc(Br)c1)OS(C)(=O)=O. The van der Waals surface area contributed by atoms with E-state index in [-0.39, 0.29) is 6.04 Å². The van der Waals surface area contributed by atoms with Gasteiger partial charge in [-0.15, -0.1) is 0 Å². The van der Waals surface area contributed by atoms with Gasteiger partial charge in [0.25, 0.3) is 10.1 Å².